The molecule has 1 aromatic carbocycles. The summed E-state index contributed by atoms with van der Waals surface area (Å²) in [5, 5.41) is 3.18. The Morgan fingerprint density at radius 2 is 1.81 bits per heavy atom. The first-order valence-electron chi connectivity index (χ1n) is 9.14. The molecular weight excluding hydrogens is 370 g/mol. The third kappa shape index (κ3) is 3.92. The predicted molar refractivity (Wildman–Crippen MR) is 99.9 cm³/mol. The molecule has 0 bridgehead atoms. The second-order valence-electron chi connectivity index (χ2n) is 7.15. The maximum atomic E-state index is 12.9. The Labute approximate surface area is 156 Å². The molecule has 1 amide bonds. The second kappa shape index (κ2) is 7.10. The second-order valence-corrected chi connectivity index (χ2v) is 9.08. The van der Waals surface area contributed by atoms with Gasteiger partial charge in [-0.05, 0) is 43.5 Å². The number of hydrogen-bond donors (Lipinski definition) is 3. The number of fused-ring (bicyclic) bond motifs is 1. The van der Waals surface area contributed by atoms with E-state index in [1.807, 2.05) is 0 Å². The highest BCUT2D eigenvalue weighted by Gasteiger charge is 2.30. The van der Waals surface area contributed by atoms with E-state index >= 15 is 0 Å². The lowest BCUT2D eigenvalue weighted by Crippen LogP contribution is -2.52. The quantitative estimate of drug-likeness (QED) is 0.622. The van der Waals surface area contributed by atoms with Crippen LogP contribution in [0.1, 0.15) is 12.8 Å². The van der Waals surface area contributed by atoms with Gasteiger partial charge in [0.15, 0.2) is 0 Å². The summed E-state index contributed by atoms with van der Waals surface area (Å²) in [6.07, 6.45) is 2.47. The van der Waals surface area contributed by atoms with E-state index in [1.54, 1.807) is 11.0 Å². The molecule has 9 nitrogen and oxygen atoms in total. The lowest BCUT2D eigenvalue weighted by Gasteiger charge is -2.34. The highest BCUT2D eigenvalue weighted by Crippen LogP contribution is 2.27. The smallest absolute Gasteiger partial charge is 0.323 e. The minimum atomic E-state index is -3.67. The number of carbonyl (C=O) groups is 1. The number of benzene rings is 1. The van der Waals surface area contributed by atoms with E-state index in [4.69, 9.17) is 0 Å². The summed E-state index contributed by atoms with van der Waals surface area (Å²) >= 11 is 0. The minimum absolute atomic E-state index is 0.0130. The van der Waals surface area contributed by atoms with Crippen LogP contribution in [0.4, 0.5) is 0 Å². The molecule has 1 aliphatic heterocycles. The van der Waals surface area contributed by atoms with Crippen LogP contribution in [0.2, 0.25) is 0 Å². The molecule has 4 rings (SSSR count). The van der Waals surface area contributed by atoms with Gasteiger partial charge in [0.2, 0.25) is 15.9 Å². The number of nitrogens with one attached hydrogen (secondary N) is 3. The molecule has 146 valence electrons. The molecule has 27 heavy (non-hydrogen) atoms. The number of aromatic amines is 2. The zero-order valence-corrected chi connectivity index (χ0v) is 15.7. The number of carbonyl (C=O) groups excluding carboxylic acids is 1. The fourth-order valence-corrected chi connectivity index (χ4v) is 4.76. The highest BCUT2D eigenvalue weighted by atomic mass is 32.2. The van der Waals surface area contributed by atoms with Crippen molar-refractivity contribution in [3.8, 4) is 0 Å². The number of hydrogen-bond acceptors (Lipinski definition) is 5. The molecule has 10 heteroatoms. The summed E-state index contributed by atoms with van der Waals surface area (Å²) < 4.78 is 27.1. The molecule has 0 spiro atoms. The first-order chi connectivity index (χ1) is 12.9. The van der Waals surface area contributed by atoms with Crippen LogP contribution in [0.5, 0.6) is 0 Å². The van der Waals surface area contributed by atoms with Crippen LogP contribution in [0.15, 0.2) is 27.9 Å². The average molecular weight is 393 g/mol. The first kappa shape index (κ1) is 18.2. The Balaban J connectivity index is 1.38. The molecule has 2 heterocycles. The lowest BCUT2D eigenvalue weighted by atomic mass is 10.3. The molecule has 2 aromatic rings. The maximum absolute atomic E-state index is 12.9. The summed E-state index contributed by atoms with van der Waals surface area (Å²) in [7, 11) is -3.67. The van der Waals surface area contributed by atoms with Gasteiger partial charge in [-0.1, -0.05) is 0 Å². The van der Waals surface area contributed by atoms with Crippen molar-refractivity contribution in [1.82, 2.24) is 24.5 Å². The molecule has 1 aromatic heterocycles. The van der Waals surface area contributed by atoms with Crippen molar-refractivity contribution in [3.05, 3.63) is 28.7 Å². The van der Waals surface area contributed by atoms with E-state index < -0.39 is 10.0 Å². The van der Waals surface area contributed by atoms with E-state index in [2.05, 4.69) is 15.3 Å². The van der Waals surface area contributed by atoms with Gasteiger partial charge < -0.3 is 20.2 Å². The monoisotopic (exact) mass is 393 g/mol. The normalized spacial score (nSPS) is 18.9. The molecule has 0 atom stereocenters. The van der Waals surface area contributed by atoms with Crippen molar-refractivity contribution in [1.29, 1.82) is 0 Å². The number of piperazine rings is 1. The fraction of sp³-hybridized carbons (Fsp3) is 0.529. The van der Waals surface area contributed by atoms with Crippen LogP contribution < -0.4 is 11.0 Å². The van der Waals surface area contributed by atoms with Crippen molar-refractivity contribution in [2.24, 2.45) is 5.92 Å². The van der Waals surface area contributed by atoms with Crippen molar-refractivity contribution in [2.75, 3.05) is 39.3 Å². The van der Waals surface area contributed by atoms with Crippen LogP contribution in [0, 0.1) is 5.92 Å². The standard InChI is InChI=1S/C17H23N5O4S/c23-16(11-18-10-12-1-2-12)21-5-7-22(8-6-21)27(25,26)13-3-4-14-15(9-13)20-17(24)19-14/h3-4,9,12,18H,1-2,5-8,10-11H2,(H2,19,20,24). The summed E-state index contributed by atoms with van der Waals surface area (Å²) in [4.78, 5) is 30.6. The summed E-state index contributed by atoms with van der Waals surface area (Å²) in [6, 6.07) is 4.52. The third-order valence-corrected chi connectivity index (χ3v) is 7.02. The molecule has 0 unspecified atom stereocenters. The number of sulfonamides is 1. The fourth-order valence-electron chi connectivity index (χ4n) is 3.32. The molecule has 0 radical (unpaired) electrons. The van der Waals surface area contributed by atoms with E-state index in [9.17, 15) is 18.0 Å². The molecule has 1 saturated carbocycles. The lowest BCUT2D eigenvalue weighted by molar-refractivity contribution is -0.131. The molecule has 3 N–H and O–H groups in total. The summed E-state index contributed by atoms with van der Waals surface area (Å²) in [5.74, 6) is 0.728. The number of rotatable bonds is 6. The van der Waals surface area contributed by atoms with E-state index in [1.165, 1.54) is 29.3 Å². The Kier molecular flexibility index (Phi) is 4.79. The van der Waals surface area contributed by atoms with Gasteiger partial charge in [-0.3, -0.25) is 4.79 Å². The van der Waals surface area contributed by atoms with Crippen molar-refractivity contribution in [2.45, 2.75) is 17.7 Å². The Hall–Kier alpha value is -2.17. The number of aromatic nitrogens is 2. The number of amides is 1. The van der Waals surface area contributed by atoms with Crippen LogP contribution >= 0.6 is 0 Å². The van der Waals surface area contributed by atoms with Gasteiger partial charge in [0, 0.05) is 26.2 Å². The largest absolute Gasteiger partial charge is 0.339 e. The minimum Gasteiger partial charge on any atom is -0.339 e. The Bertz CT molecular complexity index is 1000. The first-order valence-corrected chi connectivity index (χ1v) is 10.6. The van der Waals surface area contributed by atoms with Gasteiger partial charge in [-0.25, -0.2) is 13.2 Å². The van der Waals surface area contributed by atoms with Gasteiger partial charge in [0.25, 0.3) is 0 Å². The van der Waals surface area contributed by atoms with Gasteiger partial charge in [0.05, 0.1) is 22.5 Å². The number of H-pyrrole nitrogens is 2. The summed E-state index contributed by atoms with van der Waals surface area (Å²) in [6.45, 7) is 2.47. The Morgan fingerprint density at radius 3 is 2.52 bits per heavy atom. The highest BCUT2D eigenvalue weighted by molar-refractivity contribution is 7.89. The molecule has 2 aliphatic rings. The zero-order valence-electron chi connectivity index (χ0n) is 14.9. The number of imidazole rings is 1. The van der Waals surface area contributed by atoms with Crippen LogP contribution in [-0.4, -0.2) is 72.8 Å². The molecule has 1 saturated heterocycles. The van der Waals surface area contributed by atoms with Gasteiger partial charge in [-0.15, -0.1) is 0 Å². The zero-order chi connectivity index (χ0) is 19.0. The van der Waals surface area contributed by atoms with Gasteiger partial charge >= 0.3 is 5.69 Å². The topological polar surface area (TPSA) is 118 Å². The van der Waals surface area contributed by atoms with Crippen LogP contribution in [-0.2, 0) is 14.8 Å². The van der Waals surface area contributed by atoms with Gasteiger partial charge in [-0.2, -0.15) is 4.31 Å². The van der Waals surface area contributed by atoms with E-state index in [0.717, 1.165) is 6.54 Å². The number of nitrogens with zero attached hydrogens (tertiary/aromatic N) is 2. The van der Waals surface area contributed by atoms with Crippen molar-refractivity contribution >= 4 is 27.0 Å². The molecular formula is C17H23N5O4S. The van der Waals surface area contributed by atoms with E-state index in [-0.39, 0.29) is 29.6 Å². The third-order valence-electron chi connectivity index (χ3n) is 5.12. The van der Waals surface area contributed by atoms with Gasteiger partial charge in [0.1, 0.15) is 0 Å². The SMILES string of the molecule is O=C(CNCC1CC1)N1CCN(S(=O)(=O)c2ccc3[nH]c(=O)[nH]c3c2)CC1. The Morgan fingerprint density at radius 1 is 1.11 bits per heavy atom. The summed E-state index contributed by atoms with van der Waals surface area (Å²) in [5.41, 5.74) is 0.645. The molecule has 1 aliphatic carbocycles. The van der Waals surface area contributed by atoms with E-state index in [0.29, 0.717) is 36.6 Å². The predicted octanol–water partition coefficient (Wildman–Crippen LogP) is -0.311. The molecule has 2 fully saturated rings. The van der Waals surface area contributed by atoms with Crippen molar-refractivity contribution in [3.63, 3.8) is 0 Å². The average Bonchev–Trinajstić information content (AvgIpc) is 3.40. The van der Waals surface area contributed by atoms with Crippen LogP contribution in [0.3, 0.4) is 0 Å². The van der Waals surface area contributed by atoms with Crippen molar-refractivity contribution < 1.29 is 13.2 Å². The maximum Gasteiger partial charge on any atom is 0.323 e. The van der Waals surface area contributed by atoms with Crippen LogP contribution in [0.25, 0.3) is 11.0 Å².